The van der Waals surface area contributed by atoms with Crippen LogP contribution in [0.5, 0.6) is 11.5 Å². The molecule has 0 fully saturated rings. The summed E-state index contributed by atoms with van der Waals surface area (Å²) in [5, 5.41) is 8.99. The second kappa shape index (κ2) is 10.7. The van der Waals surface area contributed by atoms with Crippen molar-refractivity contribution in [3.05, 3.63) is 54.1 Å². The van der Waals surface area contributed by atoms with Gasteiger partial charge in [0, 0.05) is 5.69 Å². The van der Waals surface area contributed by atoms with Gasteiger partial charge in [-0.15, -0.1) is 0 Å². The molecule has 0 spiro atoms. The summed E-state index contributed by atoms with van der Waals surface area (Å²) in [4.78, 5) is 26.1. The lowest BCUT2D eigenvalue weighted by molar-refractivity contribution is -0.121. The maximum absolute atomic E-state index is 12.4. The van der Waals surface area contributed by atoms with Crippen LogP contribution in [0.4, 0.5) is 5.69 Å². The summed E-state index contributed by atoms with van der Waals surface area (Å²) >= 11 is 0. The molecule has 0 saturated heterocycles. The lowest BCUT2D eigenvalue weighted by atomic mass is 10.2. The molecule has 0 aliphatic rings. The summed E-state index contributed by atoms with van der Waals surface area (Å²) < 4.78 is 16.1. The van der Waals surface area contributed by atoms with Crippen LogP contribution < -0.4 is 14.4 Å². The molecule has 0 aromatic heterocycles. The molecular weight excluding hydrogens is 372 g/mol. The highest BCUT2D eigenvalue weighted by atomic mass is 16.5. The summed E-state index contributed by atoms with van der Waals surface area (Å²) in [6.07, 6.45) is 0. The van der Waals surface area contributed by atoms with Gasteiger partial charge in [0.15, 0.2) is 18.1 Å². The number of carbonyl (C=O) groups excluding carboxylic acids is 2. The molecule has 0 aliphatic heterocycles. The Hall–Kier alpha value is -3.53. The highest BCUT2D eigenvalue weighted by Crippen LogP contribution is 2.28. The summed E-state index contributed by atoms with van der Waals surface area (Å²) in [5.74, 6) is 0.114. The van der Waals surface area contributed by atoms with Gasteiger partial charge < -0.3 is 14.2 Å². The van der Waals surface area contributed by atoms with E-state index in [4.69, 9.17) is 19.5 Å². The smallest absolute Gasteiger partial charge is 0.338 e. The molecule has 29 heavy (non-hydrogen) atoms. The first kappa shape index (κ1) is 21.8. The van der Waals surface area contributed by atoms with E-state index >= 15 is 0 Å². The van der Waals surface area contributed by atoms with Crippen molar-refractivity contribution in [1.82, 2.24) is 0 Å². The molecule has 152 valence electrons. The third-order valence-corrected chi connectivity index (χ3v) is 3.90. The highest BCUT2D eigenvalue weighted by molar-refractivity contribution is 5.97. The van der Waals surface area contributed by atoms with Gasteiger partial charge in [-0.3, -0.25) is 9.69 Å². The van der Waals surface area contributed by atoms with Gasteiger partial charge in [-0.25, -0.2) is 4.79 Å². The molecule has 1 amide bonds. The molecule has 0 aliphatic carbocycles. The Balaban J connectivity index is 2.04. The number of amides is 1. The van der Waals surface area contributed by atoms with Crippen molar-refractivity contribution in [3.63, 3.8) is 0 Å². The number of esters is 1. The highest BCUT2D eigenvalue weighted by Gasteiger charge is 2.19. The fourth-order valence-electron chi connectivity index (χ4n) is 2.46. The van der Waals surface area contributed by atoms with E-state index in [0.29, 0.717) is 29.7 Å². The number of nitriles is 1. The molecular formula is C22H24N2O5. The van der Waals surface area contributed by atoms with E-state index in [1.54, 1.807) is 42.5 Å². The zero-order valence-corrected chi connectivity index (χ0v) is 16.8. The molecule has 0 unspecified atom stereocenters. The average molecular weight is 396 g/mol. The predicted molar refractivity (Wildman–Crippen MR) is 108 cm³/mol. The van der Waals surface area contributed by atoms with Gasteiger partial charge in [0.2, 0.25) is 0 Å². The molecule has 2 rings (SSSR count). The minimum absolute atomic E-state index is 0.143. The maximum atomic E-state index is 12.4. The summed E-state index contributed by atoms with van der Waals surface area (Å²) in [7, 11) is 1.48. The fraction of sp³-hybridized carbons (Fsp3) is 0.318. The summed E-state index contributed by atoms with van der Waals surface area (Å²) in [5.41, 5.74) is 0.793. The molecule has 7 nitrogen and oxygen atoms in total. The van der Waals surface area contributed by atoms with Crippen LogP contribution in [0.25, 0.3) is 0 Å². The first-order valence-electron chi connectivity index (χ1n) is 9.16. The quantitative estimate of drug-likeness (QED) is 0.476. The van der Waals surface area contributed by atoms with Gasteiger partial charge in [0.05, 0.1) is 25.3 Å². The van der Waals surface area contributed by atoms with Gasteiger partial charge in [-0.2, -0.15) is 5.26 Å². The fourth-order valence-corrected chi connectivity index (χ4v) is 2.46. The second-order valence-corrected chi connectivity index (χ2v) is 6.62. The number of methoxy groups -OCH3 is 1. The van der Waals surface area contributed by atoms with Gasteiger partial charge in [0.1, 0.15) is 6.54 Å². The Kier molecular flexibility index (Phi) is 8.04. The zero-order valence-electron chi connectivity index (χ0n) is 16.8. The molecule has 7 heteroatoms. The van der Waals surface area contributed by atoms with Gasteiger partial charge in [-0.05, 0) is 36.2 Å². The largest absolute Gasteiger partial charge is 0.493 e. The van der Waals surface area contributed by atoms with Crippen LogP contribution in [-0.2, 0) is 9.53 Å². The minimum Gasteiger partial charge on any atom is -0.493 e. The van der Waals surface area contributed by atoms with Crippen molar-refractivity contribution in [1.29, 1.82) is 5.26 Å². The molecule has 0 saturated carbocycles. The number of rotatable bonds is 9. The Morgan fingerprint density at radius 3 is 2.45 bits per heavy atom. The van der Waals surface area contributed by atoms with Crippen molar-refractivity contribution in [2.75, 3.05) is 31.8 Å². The van der Waals surface area contributed by atoms with Crippen LogP contribution in [0.2, 0.25) is 0 Å². The lowest BCUT2D eigenvalue weighted by Crippen LogP contribution is -2.35. The van der Waals surface area contributed by atoms with E-state index in [-0.39, 0.29) is 12.1 Å². The first-order valence-corrected chi connectivity index (χ1v) is 9.16. The number of anilines is 1. The number of ether oxygens (including phenoxy) is 3. The first-order chi connectivity index (χ1) is 14.0. The molecule has 0 bridgehead atoms. The number of carbonyl (C=O) groups is 2. The van der Waals surface area contributed by atoms with E-state index in [2.05, 4.69) is 0 Å². The third kappa shape index (κ3) is 6.25. The van der Waals surface area contributed by atoms with Gasteiger partial charge >= 0.3 is 5.97 Å². The van der Waals surface area contributed by atoms with Crippen LogP contribution in [-0.4, -0.2) is 38.7 Å². The Morgan fingerprint density at radius 1 is 1.10 bits per heavy atom. The molecule has 0 N–H and O–H groups in total. The Bertz CT molecular complexity index is 875. The number of hydrogen-bond acceptors (Lipinski definition) is 6. The van der Waals surface area contributed by atoms with Crippen LogP contribution in [0.1, 0.15) is 24.2 Å². The van der Waals surface area contributed by atoms with Gasteiger partial charge in [-0.1, -0.05) is 32.0 Å². The zero-order chi connectivity index (χ0) is 21.2. The monoisotopic (exact) mass is 396 g/mol. The molecule has 2 aromatic rings. The van der Waals surface area contributed by atoms with Crippen molar-refractivity contribution < 1.29 is 23.8 Å². The Morgan fingerprint density at radius 2 is 1.83 bits per heavy atom. The second-order valence-electron chi connectivity index (χ2n) is 6.62. The number of hydrogen-bond donors (Lipinski definition) is 0. The molecule has 0 atom stereocenters. The number of para-hydroxylation sites is 1. The van der Waals surface area contributed by atoms with E-state index in [0.717, 1.165) is 0 Å². The van der Waals surface area contributed by atoms with E-state index in [1.807, 2.05) is 19.9 Å². The Labute approximate surface area is 170 Å². The minimum atomic E-state index is -0.669. The molecule has 0 heterocycles. The van der Waals surface area contributed by atoms with Crippen LogP contribution in [0, 0.1) is 17.2 Å². The van der Waals surface area contributed by atoms with Crippen molar-refractivity contribution >= 4 is 17.6 Å². The molecule has 0 radical (unpaired) electrons. The van der Waals surface area contributed by atoms with Crippen molar-refractivity contribution in [2.45, 2.75) is 13.8 Å². The normalized spacial score (nSPS) is 10.2. The predicted octanol–water partition coefficient (Wildman–Crippen LogP) is 3.44. The van der Waals surface area contributed by atoms with Crippen LogP contribution in [0.3, 0.4) is 0 Å². The van der Waals surface area contributed by atoms with Crippen molar-refractivity contribution in [2.24, 2.45) is 5.92 Å². The lowest BCUT2D eigenvalue weighted by Gasteiger charge is -2.19. The van der Waals surface area contributed by atoms with E-state index in [1.165, 1.54) is 18.1 Å². The van der Waals surface area contributed by atoms with Gasteiger partial charge in [0.25, 0.3) is 5.91 Å². The standard InChI is InChI=1S/C22H24N2O5/c1-16(2)14-28-19-10-9-17(13-20(19)27-3)22(26)29-15-21(25)24(12-11-23)18-7-5-4-6-8-18/h4-10,13,16H,12,14-15H2,1-3H3. The average Bonchev–Trinajstić information content (AvgIpc) is 2.74. The topological polar surface area (TPSA) is 88.9 Å². The van der Waals surface area contributed by atoms with Crippen LogP contribution >= 0.6 is 0 Å². The maximum Gasteiger partial charge on any atom is 0.338 e. The summed E-state index contributed by atoms with van der Waals surface area (Å²) in [6, 6.07) is 15.4. The number of nitrogens with zero attached hydrogens (tertiary/aromatic N) is 2. The van der Waals surface area contributed by atoms with Crippen LogP contribution in [0.15, 0.2) is 48.5 Å². The summed E-state index contributed by atoms with van der Waals surface area (Å²) in [6.45, 7) is 3.95. The molecule has 2 aromatic carbocycles. The van der Waals surface area contributed by atoms with Crippen molar-refractivity contribution in [3.8, 4) is 17.6 Å². The van der Waals surface area contributed by atoms with E-state index in [9.17, 15) is 9.59 Å². The SMILES string of the molecule is COc1cc(C(=O)OCC(=O)N(CC#N)c2ccccc2)ccc1OCC(C)C. The number of benzene rings is 2. The van der Waals surface area contributed by atoms with E-state index < -0.39 is 18.5 Å². The third-order valence-electron chi connectivity index (χ3n) is 3.90.